The molecule has 35 heavy (non-hydrogen) atoms. The maximum atomic E-state index is 12.6. The van der Waals surface area contributed by atoms with Crippen molar-refractivity contribution in [2.24, 2.45) is 0 Å². The third-order valence-corrected chi connectivity index (χ3v) is 5.72. The Kier molecular flexibility index (Phi) is 7.35. The maximum absolute atomic E-state index is 12.6. The zero-order chi connectivity index (χ0) is 24.8. The molecule has 4 aromatic rings. The zero-order valence-corrected chi connectivity index (χ0v) is 20.1. The highest BCUT2D eigenvalue weighted by Crippen LogP contribution is 2.18. The summed E-state index contributed by atoms with van der Waals surface area (Å²) in [5.74, 6) is 0.696. The van der Waals surface area contributed by atoms with Crippen molar-refractivity contribution in [2.45, 2.75) is 26.8 Å². The monoisotopic (exact) mass is 468 g/mol. The normalized spacial score (nSPS) is 10.7. The van der Waals surface area contributed by atoms with E-state index in [0.717, 1.165) is 16.7 Å². The van der Waals surface area contributed by atoms with E-state index in [1.165, 1.54) is 5.56 Å². The van der Waals surface area contributed by atoms with E-state index in [4.69, 9.17) is 4.52 Å². The van der Waals surface area contributed by atoms with Crippen LogP contribution in [0.4, 0.5) is 0 Å². The van der Waals surface area contributed by atoms with Crippen molar-refractivity contribution in [2.75, 3.05) is 13.6 Å². The largest absolute Gasteiger partial charge is 0.348 e. The van der Waals surface area contributed by atoms with Crippen LogP contribution >= 0.6 is 0 Å². The predicted molar refractivity (Wildman–Crippen MR) is 134 cm³/mol. The topological polar surface area (TPSA) is 88.3 Å². The second-order valence-corrected chi connectivity index (χ2v) is 8.61. The molecule has 1 aromatic heterocycles. The molecule has 0 unspecified atom stereocenters. The summed E-state index contributed by atoms with van der Waals surface area (Å²) in [7, 11) is 1.76. The Morgan fingerprint density at radius 2 is 1.66 bits per heavy atom. The first-order valence-electron chi connectivity index (χ1n) is 11.5. The lowest BCUT2D eigenvalue weighted by Crippen LogP contribution is -2.29. The lowest BCUT2D eigenvalue weighted by molar-refractivity contribution is 0.0795. The van der Waals surface area contributed by atoms with Crippen LogP contribution in [0.5, 0.6) is 0 Å². The van der Waals surface area contributed by atoms with E-state index < -0.39 is 0 Å². The highest BCUT2D eigenvalue weighted by Gasteiger charge is 2.15. The molecule has 0 fully saturated rings. The predicted octanol–water partition coefficient (Wildman–Crippen LogP) is 4.60. The van der Waals surface area contributed by atoms with Gasteiger partial charge in [0, 0.05) is 43.2 Å². The van der Waals surface area contributed by atoms with E-state index >= 15 is 0 Å². The summed E-state index contributed by atoms with van der Waals surface area (Å²) in [6, 6.07) is 22.6. The SMILES string of the molecule is Cc1ccc(CNC(=O)c2ccc(-c3nc(CCN(C)C(=O)c4cccc(C)c4)no3)cc2)cc1. The van der Waals surface area contributed by atoms with Gasteiger partial charge in [-0.25, -0.2) is 0 Å². The van der Waals surface area contributed by atoms with Gasteiger partial charge in [-0.05, 0) is 55.8 Å². The van der Waals surface area contributed by atoms with E-state index in [1.54, 1.807) is 36.2 Å². The molecule has 1 N–H and O–H groups in total. The summed E-state index contributed by atoms with van der Waals surface area (Å²) in [4.78, 5) is 31.2. The molecule has 0 aliphatic carbocycles. The molecule has 0 saturated heterocycles. The van der Waals surface area contributed by atoms with Crippen molar-refractivity contribution in [3.8, 4) is 11.5 Å². The lowest BCUT2D eigenvalue weighted by Gasteiger charge is -2.16. The molecule has 0 aliphatic heterocycles. The van der Waals surface area contributed by atoms with Crippen molar-refractivity contribution in [1.29, 1.82) is 0 Å². The van der Waals surface area contributed by atoms with E-state index in [-0.39, 0.29) is 11.8 Å². The van der Waals surface area contributed by atoms with Gasteiger partial charge in [0.2, 0.25) is 0 Å². The molecule has 0 saturated carbocycles. The van der Waals surface area contributed by atoms with E-state index in [2.05, 4.69) is 15.5 Å². The zero-order valence-electron chi connectivity index (χ0n) is 20.1. The second-order valence-electron chi connectivity index (χ2n) is 8.61. The number of hydrogen-bond donors (Lipinski definition) is 1. The minimum atomic E-state index is -0.148. The molecule has 7 heteroatoms. The average Bonchev–Trinajstić information content (AvgIpc) is 3.35. The number of aromatic nitrogens is 2. The first-order chi connectivity index (χ1) is 16.9. The third-order valence-electron chi connectivity index (χ3n) is 5.72. The second kappa shape index (κ2) is 10.8. The van der Waals surface area contributed by atoms with E-state index in [0.29, 0.717) is 42.4 Å². The Bertz CT molecular complexity index is 1310. The van der Waals surface area contributed by atoms with E-state index in [9.17, 15) is 9.59 Å². The van der Waals surface area contributed by atoms with Crippen LogP contribution in [-0.2, 0) is 13.0 Å². The fraction of sp³-hybridized carbons (Fsp3) is 0.214. The summed E-state index contributed by atoms with van der Waals surface area (Å²) in [5.41, 5.74) is 5.21. The van der Waals surface area contributed by atoms with Crippen LogP contribution in [-0.4, -0.2) is 40.4 Å². The number of rotatable bonds is 8. The molecule has 7 nitrogen and oxygen atoms in total. The molecule has 4 rings (SSSR count). The summed E-state index contributed by atoms with van der Waals surface area (Å²) in [6.45, 7) is 4.92. The quantitative estimate of drug-likeness (QED) is 0.408. The molecule has 0 spiro atoms. The van der Waals surface area contributed by atoms with Crippen LogP contribution in [0.2, 0.25) is 0 Å². The Balaban J connectivity index is 1.31. The highest BCUT2D eigenvalue weighted by molar-refractivity contribution is 5.95. The molecule has 0 radical (unpaired) electrons. The van der Waals surface area contributed by atoms with Crippen LogP contribution in [0.1, 0.15) is 43.2 Å². The number of aryl methyl sites for hydroxylation is 2. The molecule has 0 atom stereocenters. The first kappa shape index (κ1) is 23.9. The number of carbonyl (C=O) groups excluding carboxylic acids is 2. The van der Waals surface area contributed by atoms with Crippen LogP contribution < -0.4 is 5.32 Å². The molecule has 1 heterocycles. The van der Waals surface area contributed by atoms with Gasteiger partial charge in [0.25, 0.3) is 17.7 Å². The Labute approximate surface area is 204 Å². The maximum Gasteiger partial charge on any atom is 0.257 e. The minimum absolute atomic E-state index is 0.0475. The summed E-state index contributed by atoms with van der Waals surface area (Å²) < 4.78 is 5.39. The van der Waals surface area contributed by atoms with Crippen molar-refractivity contribution >= 4 is 11.8 Å². The van der Waals surface area contributed by atoms with Gasteiger partial charge in [-0.3, -0.25) is 9.59 Å². The van der Waals surface area contributed by atoms with Crippen molar-refractivity contribution in [3.05, 3.63) is 106 Å². The Morgan fingerprint density at radius 1 is 0.914 bits per heavy atom. The van der Waals surface area contributed by atoms with Crippen molar-refractivity contribution in [1.82, 2.24) is 20.4 Å². The lowest BCUT2D eigenvalue weighted by atomic mass is 10.1. The van der Waals surface area contributed by atoms with Crippen molar-refractivity contribution in [3.63, 3.8) is 0 Å². The van der Waals surface area contributed by atoms with Crippen LogP contribution in [0.25, 0.3) is 11.5 Å². The number of amides is 2. The first-order valence-corrected chi connectivity index (χ1v) is 11.5. The summed E-state index contributed by atoms with van der Waals surface area (Å²) in [5, 5.41) is 6.96. The standard InChI is InChI=1S/C28H28N4O3/c1-19-7-9-21(10-8-19)18-29-26(33)22-11-13-23(14-12-22)27-30-25(31-35-27)15-16-32(3)28(34)24-6-4-5-20(2)17-24/h4-14,17H,15-16,18H2,1-3H3,(H,29,33). The molecule has 0 bridgehead atoms. The molecular formula is C28H28N4O3. The van der Waals surface area contributed by atoms with Gasteiger partial charge in [0.05, 0.1) is 0 Å². The van der Waals surface area contributed by atoms with Crippen LogP contribution in [0, 0.1) is 13.8 Å². The molecule has 2 amide bonds. The average molecular weight is 469 g/mol. The van der Waals surface area contributed by atoms with Gasteiger partial charge >= 0.3 is 0 Å². The number of likely N-dealkylation sites (N-methyl/N-ethyl adjacent to an activating group) is 1. The number of benzene rings is 3. The fourth-order valence-corrected chi connectivity index (χ4v) is 3.60. The van der Waals surface area contributed by atoms with Gasteiger partial charge in [-0.1, -0.05) is 52.7 Å². The smallest absolute Gasteiger partial charge is 0.257 e. The van der Waals surface area contributed by atoms with Crippen LogP contribution in [0.3, 0.4) is 0 Å². The summed E-state index contributed by atoms with van der Waals surface area (Å²) >= 11 is 0. The Morgan fingerprint density at radius 3 is 2.37 bits per heavy atom. The summed E-state index contributed by atoms with van der Waals surface area (Å²) in [6.07, 6.45) is 0.469. The van der Waals surface area contributed by atoms with Gasteiger partial charge in [0.1, 0.15) is 0 Å². The van der Waals surface area contributed by atoms with Gasteiger partial charge in [0.15, 0.2) is 5.82 Å². The minimum Gasteiger partial charge on any atom is -0.348 e. The third kappa shape index (κ3) is 6.20. The Hall–Kier alpha value is -4.26. The number of hydrogen-bond acceptors (Lipinski definition) is 5. The molecule has 178 valence electrons. The molecule has 3 aromatic carbocycles. The highest BCUT2D eigenvalue weighted by atomic mass is 16.5. The van der Waals surface area contributed by atoms with Gasteiger partial charge in [-0.2, -0.15) is 4.98 Å². The number of nitrogens with one attached hydrogen (secondary N) is 1. The fourth-order valence-electron chi connectivity index (χ4n) is 3.60. The van der Waals surface area contributed by atoms with Crippen LogP contribution in [0.15, 0.2) is 77.3 Å². The number of carbonyl (C=O) groups is 2. The molecular weight excluding hydrogens is 440 g/mol. The van der Waals surface area contributed by atoms with Gasteiger partial charge < -0.3 is 14.7 Å². The molecule has 0 aliphatic rings. The van der Waals surface area contributed by atoms with E-state index in [1.807, 2.05) is 62.4 Å². The van der Waals surface area contributed by atoms with Gasteiger partial charge in [-0.15, -0.1) is 0 Å². The number of nitrogens with zero attached hydrogens (tertiary/aromatic N) is 3. The van der Waals surface area contributed by atoms with Crippen molar-refractivity contribution < 1.29 is 14.1 Å².